The molecule has 1 aromatic rings. The summed E-state index contributed by atoms with van der Waals surface area (Å²) >= 11 is 0. The largest absolute Gasteiger partial charge is 0.330 e. The zero-order chi connectivity index (χ0) is 12.7. The van der Waals surface area contributed by atoms with E-state index in [-0.39, 0.29) is 0 Å². The van der Waals surface area contributed by atoms with Gasteiger partial charge in [-0.2, -0.15) is 0 Å². The standard InChI is InChI=1S/C15H26N2/c1-4-17(11-13(2)3)12-15(10-16)14-8-6-5-7-9-14/h5-9,13,15H,4,10-12,16H2,1-3H3. The molecule has 17 heavy (non-hydrogen) atoms. The third-order valence-corrected chi connectivity index (χ3v) is 3.10. The van der Waals surface area contributed by atoms with Crippen LogP contribution in [0.3, 0.4) is 0 Å². The van der Waals surface area contributed by atoms with Crippen LogP contribution < -0.4 is 5.73 Å². The Kier molecular flexibility index (Phi) is 6.23. The fourth-order valence-electron chi connectivity index (χ4n) is 2.20. The summed E-state index contributed by atoms with van der Waals surface area (Å²) in [6.07, 6.45) is 0. The number of nitrogens with zero attached hydrogens (tertiary/aromatic N) is 1. The van der Waals surface area contributed by atoms with Gasteiger partial charge in [0.2, 0.25) is 0 Å². The molecule has 0 aliphatic carbocycles. The fraction of sp³-hybridized carbons (Fsp3) is 0.600. The van der Waals surface area contributed by atoms with E-state index in [1.54, 1.807) is 0 Å². The van der Waals surface area contributed by atoms with E-state index in [2.05, 4.69) is 56.0 Å². The van der Waals surface area contributed by atoms with E-state index in [0.717, 1.165) is 26.2 Å². The van der Waals surface area contributed by atoms with Gasteiger partial charge in [0.05, 0.1) is 0 Å². The predicted octanol–water partition coefficient (Wildman–Crippen LogP) is 2.71. The first-order valence-corrected chi connectivity index (χ1v) is 6.64. The van der Waals surface area contributed by atoms with Gasteiger partial charge < -0.3 is 10.6 Å². The Balaban J connectivity index is 2.62. The Morgan fingerprint density at radius 2 is 1.76 bits per heavy atom. The molecule has 0 aliphatic heterocycles. The lowest BCUT2D eigenvalue weighted by molar-refractivity contribution is 0.242. The Labute approximate surface area is 106 Å². The van der Waals surface area contributed by atoms with Crippen LogP contribution in [0.2, 0.25) is 0 Å². The van der Waals surface area contributed by atoms with Crippen LogP contribution in [0.1, 0.15) is 32.3 Å². The summed E-state index contributed by atoms with van der Waals surface area (Å²) in [5.74, 6) is 1.17. The fourth-order valence-corrected chi connectivity index (χ4v) is 2.20. The maximum Gasteiger partial charge on any atom is 0.00888 e. The molecule has 0 bridgehead atoms. The van der Waals surface area contributed by atoms with Crippen LogP contribution in [0.15, 0.2) is 30.3 Å². The van der Waals surface area contributed by atoms with Gasteiger partial charge >= 0.3 is 0 Å². The van der Waals surface area contributed by atoms with Crippen molar-refractivity contribution in [3.05, 3.63) is 35.9 Å². The minimum Gasteiger partial charge on any atom is -0.330 e. The first kappa shape index (κ1) is 14.2. The van der Waals surface area contributed by atoms with Gasteiger partial charge in [-0.3, -0.25) is 0 Å². The lowest BCUT2D eigenvalue weighted by Gasteiger charge is -2.27. The minimum absolute atomic E-state index is 0.454. The highest BCUT2D eigenvalue weighted by Crippen LogP contribution is 2.16. The van der Waals surface area contributed by atoms with Gasteiger partial charge in [-0.25, -0.2) is 0 Å². The molecule has 1 atom stereocenters. The zero-order valence-electron chi connectivity index (χ0n) is 11.4. The Bertz CT molecular complexity index is 295. The molecule has 0 spiro atoms. The molecule has 0 heterocycles. The SMILES string of the molecule is CCN(CC(C)C)CC(CN)c1ccccc1. The molecule has 2 N–H and O–H groups in total. The van der Waals surface area contributed by atoms with Crippen LogP contribution in [0.5, 0.6) is 0 Å². The number of rotatable bonds is 7. The van der Waals surface area contributed by atoms with E-state index in [1.807, 2.05) is 0 Å². The van der Waals surface area contributed by atoms with Crippen molar-refractivity contribution in [2.45, 2.75) is 26.7 Å². The highest BCUT2D eigenvalue weighted by atomic mass is 15.1. The van der Waals surface area contributed by atoms with Gasteiger partial charge in [-0.05, 0) is 18.0 Å². The van der Waals surface area contributed by atoms with Crippen molar-refractivity contribution < 1.29 is 0 Å². The second-order valence-corrected chi connectivity index (χ2v) is 5.09. The van der Waals surface area contributed by atoms with Crippen molar-refractivity contribution in [1.82, 2.24) is 4.90 Å². The zero-order valence-corrected chi connectivity index (χ0v) is 11.4. The average molecular weight is 234 g/mol. The third-order valence-electron chi connectivity index (χ3n) is 3.10. The van der Waals surface area contributed by atoms with Crippen LogP contribution in [0.25, 0.3) is 0 Å². The van der Waals surface area contributed by atoms with Crippen molar-refractivity contribution in [3.63, 3.8) is 0 Å². The van der Waals surface area contributed by atoms with Gasteiger partial charge in [-0.1, -0.05) is 51.1 Å². The first-order chi connectivity index (χ1) is 8.17. The quantitative estimate of drug-likeness (QED) is 0.786. The molecule has 96 valence electrons. The Morgan fingerprint density at radius 1 is 1.12 bits per heavy atom. The second kappa shape index (κ2) is 7.46. The van der Waals surface area contributed by atoms with Crippen molar-refractivity contribution in [1.29, 1.82) is 0 Å². The van der Waals surface area contributed by atoms with Crippen molar-refractivity contribution in [2.75, 3.05) is 26.2 Å². The van der Waals surface area contributed by atoms with Gasteiger partial charge in [0.1, 0.15) is 0 Å². The molecular weight excluding hydrogens is 208 g/mol. The summed E-state index contributed by atoms with van der Waals surface area (Å²) in [4.78, 5) is 2.50. The highest BCUT2D eigenvalue weighted by Gasteiger charge is 2.14. The van der Waals surface area contributed by atoms with Crippen LogP contribution >= 0.6 is 0 Å². The number of benzene rings is 1. The van der Waals surface area contributed by atoms with E-state index in [9.17, 15) is 0 Å². The van der Waals surface area contributed by atoms with Crippen LogP contribution in [-0.4, -0.2) is 31.1 Å². The molecule has 0 aromatic heterocycles. The number of hydrogen-bond donors (Lipinski definition) is 1. The maximum atomic E-state index is 5.91. The summed E-state index contributed by atoms with van der Waals surface area (Å²) in [6, 6.07) is 10.6. The predicted molar refractivity (Wildman–Crippen MR) is 75.2 cm³/mol. The van der Waals surface area contributed by atoms with E-state index in [0.29, 0.717) is 11.8 Å². The number of nitrogens with two attached hydrogens (primary N) is 1. The Morgan fingerprint density at radius 3 is 2.24 bits per heavy atom. The summed E-state index contributed by atoms with van der Waals surface area (Å²) in [7, 11) is 0. The molecular formula is C15H26N2. The van der Waals surface area contributed by atoms with E-state index < -0.39 is 0 Å². The van der Waals surface area contributed by atoms with Crippen LogP contribution in [0.4, 0.5) is 0 Å². The first-order valence-electron chi connectivity index (χ1n) is 6.64. The summed E-state index contributed by atoms with van der Waals surface area (Å²) in [5.41, 5.74) is 7.27. The molecule has 2 heteroatoms. The van der Waals surface area contributed by atoms with Gasteiger partial charge in [0.15, 0.2) is 0 Å². The molecule has 0 saturated carbocycles. The van der Waals surface area contributed by atoms with E-state index in [4.69, 9.17) is 5.73 Å². The van der Waals surface area contributed by atoms with Crippen LogP contribution in [0, 0.1) is 5.92 Å². The lowest BCUT2D eigenvalue weighted by atomic mass is 9.98. The normalized spacial score (nSPS) is 13.3. The second-order valence-electron chi connectivity index (χ2n) is 5.09. The molecule has 0 aliphatic rings. The molecule has 2 nitrogen and oxygen atoms in total. The Hall–Kier alpha value is -0.860. The average Bonchev–Trinajstić information content (AvgIpc) is 2.35. The van der Waals surface area contributed by atoms with Gasteiger partial charge in [0.25, 0.3) is 0 Å². The maximum absolute atomic E-state index is 5.91. The highest BCUT2D eigenvalue weighted by molar-refractivity contribution is 5.20. The molecule has 0 radical (unpaired) electrons. The van der Waals surface area contributed by atoms with Gasteiger partial charge in [-0.15, -0.1) is 0 Å². The molecule has 1 unspecified atom stereocenters. The van der Waals surface area contributed by atoms with Crippen molar-refractivity contribution >= 4 is 0 Å². The topological polar surface area (TPSA) is 29.3 Å². The third kappa shape index (κ3) is 4.88. The minimum atomic E-state index is 0.454. The summed E-state index contributed by atoms with van der Waals surface area (Å²) in [6.45, 7) is 10.8. The molecule has 0 amide bonds. The molecule has 0 saturated heterocycles. The van der Waals surface area contributed by atoms with Gasteiger partial charge in [0, 0.05) is 25.6 Å². The van der Waals surface area contributed by atoms with Crippen LogP contribution in [-0.2, 0) is 0 Å². The van der Waals surface area contributed by atoms with E-state index in [1.165, 1.54) is 5.56 Å². The van der Waals surface area contributed by atoms with Crippen molar-refractivity contribution in [2.24, 2.45) is 11.7 Å². The summed E-state index contributed by atoms with van der Waals surface area (Å²) in [5, 5.41) is 0. The lowest BCUT2D eigenvalue weighted by Crippen LogP contribution is -2.34. The molecule has 1 aromatic carbocycles. The smallest absolute Gasteiger partial charge is 0.00888 e. The number of likely N-dealkylation sites (N-methyl/N-ethyl adjacent to an activating group) is 1. The molecule has 0 fully saturated rings. The summed E-state index contributed by atoms with van der Waals surface area (Å²) < 4.78 is 0. The molecule has 1 rings (SSSR count). The number of hydrogen-bond acceptors (Lipinski definition) is 2. The van der Waals surface area contributed by atoms with E-state index >= 15 is 0 Å². The van der Waals surface area contributed by atoms with Crippen molar-refractivity contribution in [3.8, 4) is 0 Å². The monoisotopic (exact) mass is 234 g/mol.